The van der Waals surface area contributed by atoms with Crippen LogP contribution in [0.3, 0.4) is 0 Å². The molecule has 0 aliphatic heterocycles. The number of hydrogen-bond donors (Lipinski definition) is 0. The highest BCUT2D eigenvalue weighted by molar-refractivity contribution is 6.40. The normalized spacial score (nSPS) is 10.8. The summed E-state index contributed by atoms with van der Waals surface area (Å²) in [6.45, 7) is 0. The average molecular weight is 287 g/mol. The minimum Gasteiger partial charge on any atom is -0.109 e. The molecule has 0 fully saturated rings. The summed E-state index contributed by atoms with van der Waals surface area (Å²) in [4.78, 5) is 0. The van der Waals surface area contributed by atoms with E-state index in [4.69, 9.17) is 23.2 Å². The SMILES string of the molecule is ClCCl.c1cc2ccc3cccc4ccc(c1)c2c34. The molecule has 0 radical (unpaired) electrons. The lowest BCUT2D eigenvalue weighted by Gasteiger charge is -2.09. The molecule has 0 nitrogen and oxygen atoms in total. The van der Waals surface area contributed by atoms with Crippen LogP contribution in [0.5, 0.6) is 0 Å². The van der Waals surface area contributed by atoms with Gasteiger partial charge in [-0.25, -0.2) is 0 Å². The molecule has 0 aromatic heterocycles. The fourth-order valence-electron chi connectivity index (χ4n) is 2.67. The average Bonchev–Trinajstić information content (AvgIpc) is 2.46. The standard InChI is InChI=1S/C16H10.CH2Cl2/c1-3-11-7-9-13-5-2-6-14-10-8-12(4-1)15(11)16(13)14;2-1-3/h1-10H;1H2. The van der Waals surface area contributed by atoms with Gasteiger partial charge in [0, 0.05) is 0 Å². The molecule has 4 rings (SSSR count). The molecule has 0 aliphatic rings. The first kappa shape index (κ1) is 12.5. The fourth-order valence-corrected chi connectivity index (χ4v) is 2.67. The largest absolute Gasteiger partial charge is 0.109 e. The molecule has 0 unspecified atom stereocenters. The van der Waals surface area contributed by atoms with Crippen molar-refractivity contribution in [1.29, 1.82) is 0 Å². The van der Waals surface area contributed by atoms with Gasteiger partial charge >= 0.3 is 0 Å². The second-order valence-electron chi connectivity index (χ2n) is 4.39. The smallest absolute Gasteiger partial charge is 0.0967 e. The highest BCUT2D eigenvalue weighted by atomic mass is 35.5. The van der Waals surface area contributed by atoms with E-state index in [-0.39, 0.29) is 5.34 Å². The van der Waals surface area contributed by atoms with Crippen molar-refractivity contribution in [3.63, 3.8) is 0 Å². The van der Waals surface area contributed by atoms with Crippen LogP contribution in [-0.2, 0) is 0 Å². The summed E-state index contributed by atoms with van der Waals surface area (Å²) in [6, 6.07) is 21.9. The molecule has 19 heavy (non-hydrogen) atoms. The number of hydrogen-bond acceptors (Lipinski definition) is 0. The van der Waals surface area contributed by atoms with Gasteiger partial charge in [0.2, 0.25) is 0 Å². The molecule has 0 amide bonds. The molecular weight excluding hydrogens is 275 g/mol. The Balaban J connectivity index is 0.000000339. The van der Waals surface area contributed by atoms with Crippen molar-refractivity contribution in [1.82, 2.24) is 0 Å². The molecule has 0 saturated carbocycles. The van der Waals surface area contributed by atoms with Crippen LogP contribution < -0.4 is 0 Å². The van der Waals surface area contributed by atoms with E-state index >= 15 is 0 Å². The number of halogens is 2. The van der Waals surface area contributed by atoms with Crippen LogP contribution in [0.25, 0.3) is 32.3 Å². The molecule has 0 spiro atoms. The van der Waals surface area contributed by atoms with E-state index in [9.17, 15) is 0 Å². The zero-order valence-electron chi connectivity index (χ0n) is 10.2. The topological polar surface area (TPSA) is 0 Å². The van der Waals surface area contributed by atoms with Gasteiger partial charge in [-0.3, -0.25) is 0 Å². The van der Waals surface area contributed by atoms with Crippen LogP contribution in [0.1, 0.15) is 0 Å². The molecule has 94 valence electrons. The van der Waals surface area contributed by atoms with Gasteiger partial charge < -0.3 is 0 Å². The van der Waals surface area contributed by atoms with Gasteiger partial charge in [-0.05, 0) is 32.3 Å². The molecule has 0 atom stereocenters. The molecule has 0 N–H and O–H groups in total. The summed E-state index contributed by atoms with van der Waals surface area (Å²) >= 11 is 9.53. The van der Waals surface area contributed by atoms with Crippen molar-refractivity contribution in [2.45, 2.75) is 0 Å². The van der Waals surface area contributed by atoms with Crippen LogP contribution in [0.2, 0.25) is 0 Å². The van der Waals surface area contributed by atoms with Crippen molar-refractivity contribution < 1.29 is 0 Å². The minimum atomic E-state index is 0.194. The van der Waals surface area contributed by atoms with Crippen molar-refractivity contribution >= 4 is 55.5 Å². The van der Waals surface area contributed by atoms with E-state index in [1.54, 1.807) is 0 Å². The third-order valence-corrected chi connectivity index (χ3v) is 3.39. The number of rotatable bonds is 0. The minimum absolute atomic E-state index is 0.194. The first-order valence-corrected chi connectivity index (χ1v) is 7.16. The van der Waals surface area contributed by atoms with Gasteiger partial charge in [-0.1, -0.05) is 60.7 Å². The Morgan fingerprint density at radius 3 is 1.05 bits per heavy atom. The second kappa shape index (κ2) is 5.24. The Labute approximate surface area is 121 Å². The fraction of sp³-hybridized carbons (Fsp3) is 0.0588. The van der Waals surface area contributed by atoms with Crippen LogP contribution in [0.4, 0.5) is 0 Å². The van der Waals surface area contributed by atoms with E-state index < -0.39 is 0 Å². The summed E-state index contributed by atoms with van der Waals surface area (Å²) in [5, 5.41) is 8.34. The summed E-state index contributed by atoms with van der Waals surface area (Å²) in [6.07, 6.45) is 0. The first-order valence-electron chi connectivity index (χ1n) is 6.09. The summed E-state index contributed by atoms with van der Waals surface area (Å²) in [5.74, 6) is 0. The molecule has 0 aliphatic carbocycles. The summed E-state index contributed by atoms with van der Waals surface area (Å²) < 4.78 is 0. The van der Waals surface area contributed by atoms with Gasteiger partial charge in [0.1, 0.15) is 0 Å². The van der Waals surface area contributed by atoms with Crippen molar-refractivity contribution in [3.8, 4) is 0 Å². The maximum Gasteiger partial charge on any atom is 0.0967 e. The molecule has 0 heterocycles. The monoisotopic (exact) mass is 286 g/mol. The Morgan fingerprint density at radius 1 is 0.526 bits per heavy atom. The van der Waals surface area contributed by atoms with Gasteiger partial charge in [0.25, 0.3) is 0 Å². The third-order valence-electron chi connectivity index (χ3n) is 3.39. The zero-order chi connectivity index (χ0) is 13.2. The highest BCUT2D eigenvalue weighted by Crippen LogP contribution is 2.33. The number of benzene rings is 4. The van der Waals surface area contributed by atoms with Crippen LogP contribution in [0.15, 0.2) is 60.7 Å². The summed E-state index contributed by atoms with van der Waals surface area (Å²) in [7, 11) is 0. The molecular formula is C17H12Cl2. The van der Waals surface area contributed by atoms with Crippen molar-refractivity contribution in [2.24, 2.45) is 0 Å². The zero-order valence-corrected chi connectivity index (χ0v) is 11.7. The molecule has 4 aromatic carbocycles. The Bertz CT molecular complexity index is 691. The highest BCUT2D eigenvalue weighted by Gasteiger charge is 2.05. The maximum absolute atomic E-state index is 4.76. The second-order valence-corrected chi connectivity index (χ2v) is 5.20. The van der Waals surface area contributed by atoms with Crippen LogP contribution in [-0.4, -0.2) is 5.34 Å². The molecule has 0 bridgehead atoms. The van der Waals surface area contributed by atoms with Gasteiger partial charge in [0.05, 0.1) is 5.34 Å². The van der Waals surface area contributed by atoms with Crippen LogP contribution in [0, 0.1) is 0 Å². The lowest BCUT2D eigenvalue weighted by molar-refractivity contribution is 1.78. The maximum atomic E-state index is 4.76. The third kappa shape index (κ3) is 2.11. The van der Waals surface area contributed by atoms with Crippen molar-refractivity contribution in [3.05, 3.63) is 60.7 Å². The quantitative estimate of drug-likeness (QED) is 0.274. The van der Waals surface area contributed by atoms with Gasteiger partial charge in [-0.2, -0.15) is 0 Å². The lowest BCUT2D eigenvalue weighted by Crippen LogP contribution is -1.82. The van der Waals surface area contributed by atoms with Crippen LogP contribution >= 0.6 is 23.2 Å². The Morgan fingerprint density at radius 2 is 0.789 bits per heavy atom. The molecule has 2 heteroatoms. The number of alkyl halides is 2. The van der Waals surface area contributed by atoms with E-state index in [0.717, 1.165) is 0 Å². The predicted molar refractivity (Wildman–Crippen MR) is 86.7 cm³/mol. The summed E-state index contributed by atoms with van der Waals surface area (Å²) in [5.41, 5.74) is 0. The Kier molecular flexibility index (Phi) is 3.46. The predicted octanol–water partition coefficient (Wildman–Crippen LogP) is 6.01. The Hall–Kier alpha value is -1.50. The van der Waals surface area contributed by atoms with E-state index in [2.05, 4.69) is 60.7 Å². The van der Waals surface area contributed by atoms with Gasteiger partial charge in [0.15, 0.2) is 0 Å². The van der Waals surface area contributed by atoms with E-state index in [1.807, 2.05) is 0 Å². The van der Waals surface area contributed by atoms with Gasteiger partial charge in [-0.15, -0.1) is 23.2 Å². The van der Waals surface area contributed by atoms with Crippen molar-refractivity contribution in [2.75, 3.05) is 5.34 Å². The molecule has 4 aromatic rings. The van der Waals surface area contributed by atoms with E-state index in [0.29, 0.717) is 0 Å². The van der Waals surface area contributed by atoms with E-state index in [1.165, 1.54) is 32.3 Å². The lowest BCUT2D eigenvalue weighted by atomic mass is 9.95. The molecule has 0 saturated heterocycles. The first-order chi connectivity index (χ1) is 9.35.